The summed E-state index contributed by atoms with van der Waals surface area (Å²) in [7, 11) is 4.95. The van der Waals surface area contributed by atoms with Crippen LogP contribution in [0.2, 0.25) is 0 Å². The predicted octanol–water partition coefficient (Wildman–Crippen LogP) is 2.77. The van der Waals surface area contributed by atoms with Gasteiger partial charge in [-0.15, -0.1) is 0 Å². The average Bonchev–Trinajstić information content (AvgIpc) is 2.93. The molecule has 1 aliphatic rings. The number of hydrogen-bond acceptors (Lipinski definition) is 4. The number of nitrogens with one attached hydrogen (secondary N) is 1. The van der Waals surface area contributed by atoms with Crippen molar-refractivity contribution in [2.45, 2.75) is 25.3 Å². The molecule has 1 fully saturated rings. The first kappa shape index (κ1) is 14.5. The van der Waals surface area contributed by atoms with Crippen molar-refractivity contribution < 1.29 is 14.2 Å². The van der Waals surface area contributed by atoms with Gasteiger partial charge in [-0.3, -0.25) is 0 Å². The van der Waals surface area contributed by atoms with E-state index in [9.17, 15) is 0 Å². The third-order valence-electron chi connectivity index (χ3n) is 3.50. The fourth-order valence-corrected chi connectivity index (χ4v) is 3.23. The zero-order chi connectivity index (χ0) is 13.8. The monoisotopic (exact) mass is 329 g/mol. The minimum atomic E-state index is 0.503. The summed E-state index contributed by atoms with van der Waals surface area (Å²) in [5.74, 6) is 2.23. The minimum Gasteiger partial charge on any atom is -0.496 e. The van der Waals surface area contributed by atoms with Crippen LogP contribution >= 0.6 is 15.9 Å². The lowest BCUT2D eigenvalue weighted by Gasteiger charge is -2.19. The number of rotatable bonds is 5. The molecule has 5 heteroatoms. The molecule has 1 aliphatic heterocycles. The highest BCUT2D eigenvalue weighted by atomic mass is 79.9. The van der Waals surface area contributed by atoms with E-state index >= 15 is 0 Å². The van der Waals surface area contributed by atoms with E-state index in [-0.39, 0.29) is 0 Å². The van der Waals surface area contributed by atoms with E-state index in [0.29, 0.717) is 11.8 Å². The SMILES string of the molecule is COc1cc(OC)c(OC)c(Br)c1CC1CCCN1. The van der Waals surface area contributed by atoms with E-state index < -0.39 is 0 Å². The highest BCUT2D eigenvalue weighted by Crippen LogP contribution is 2.43. The van der Waals surface area contributed by atoms with Crippen molar-refractivity contribution in [1.29, 1.82) is 0 Å². The molecular formula is C14H20BrNO3. The van der Waals surface area contributed by atoms with Crippen molar-refractivity contribution in [1.82, 2.24) is 5.32 Å². The van der Waals surface area contributed by atoms with Crippen molar-refractivity contribution in [2.75, 3.05) is 27.9 Å². The van der Waals surface area contributed by atoms with Gasteiger partial charge in [0.1, 0.15) is 5.75 Å². The molecule has 1 unspecified atom stereocenters. The first-order valence-corrected chi connectivity index (χ1v) is 7.21. The Balaban J connectivity index is 2.38. The number of ether oxygens (including phenoxy) is 3. The van der Waals surface area contributed by atoms with Gasteiger partial charge in [0, 0.05) is 17.7 Å². The Bertz CT molecular complexity index is 445. The first-order chi connectivity index (χ1) is 9.21. The molecule has 106 valence electrons. The Labute approximate surface area is 122 Å². The standard InChI is InChI=1S/C14H20BrNO3/c1-17-11-8-12(18-2)14(19-3)13(15)10(11)7-9-5-4-6-16-9/h8-9,16H,4-7H2,1-3H3. The molecule has 0 aromatic heterocycles. The largest absolute Gasteiger partial charge is 0.496 e. The van der Waals surface area contributed by atoms with Gasteiger partial charge in [-0.1, -0.05) is 0 Å². The highest BCUT2D eigenvalue weighted by Gasteiger charge is 2.23. The molecular weight excluding hydrogens is 310 g/mol. The van der Waals surface area contributed by atoms with Crippen molar-refractivity contribution in [2.24, 2.45) is 0 Å². The summed E-state index contributed by atoms with van der Waals surface area (Å²) < 4.78 is 17.2. The lowest BCUT2D eigenvalue weighted by molar-refractivity contribution is 0.344. The summed E-state index contributed by atoms with van der Waals surface area (Å²) in [6.07, 6.45) is 3.35. The second-order valence-electron chi connectivity index (χ2n) is 4.60. The van der Waals surface area contributed by atoms with Crippen LogP contribution < -0.4 is 19.5 Å². The van der Waals surface area contributed by atoms with Gasteiger partial charge in [0.05, 0.1) is 25.8 Å². The maximum absolute atomic E-state index is 5.49. The van der Waals surface area contributed by atoms with Crippen molar-refractivity contribution in [3.8, 4) is 17.2 Å². The van der Waals surface area contributed by atoms with Crippen LogP contribution in [0, 0.1) is 0 Å². The summed E-state index contributed by atoms with van der Waals surface area (Å²) in [5, 5.41) is 3.50. The van der Waals surface area contributed by atoms with Crippen LogP contribution in [0.4, 0.5) is 0 Å². The number of benzene rings is 1. The van der Waals surface area contributed by atoms with E-state index in [4.69, 9.17) is 14.2 Å². The van der Waals surface area contributed by atoms with Crippen molar-refractivity contribution >= 4 is 15.9 Å². The molecule has 0 aliphatic carbocycles. The van der Waals surface area contributed by atoms with Gasteiger partial charge in [0.15, 0.2) is 11.5 Å². The third-order valence-corrected chi connectivity index (χ3v) is 4.34. The van der Waals surface area contributed by atoms with E-state index in [0.717, 1.165) is 34.5 Å². The molecule has 1 N–H and O–H groups in total. The molecule has 2 rings (SSSR count). The molecule has 1 atom stereocenters. The van der Waals surface area contributed by atoms with Gasteiger partial charge in [0.25, 0.3) is 0 Å². The molecule has 1 aromatic carbocycles. The fourth-order valence-electron chi connectivity index (χ4n) is 2.52. The summed E-state index contributed by atoms with van der Waals surface area (Å²) in [6, 6.07) is 2.39. The second kappa shape index (κ2) is 6.48. The Hall–Kier alpha value is -0.940. The lowest BCUT2D eigenvalue weighted by atomic mass is 10.0. The molecule has 1 saturated heterocycles. The van der Waals surface area contributed by atoms with Gasteiger partial charge >= 0.3 is 0 Å². The van der Waals surface area contributed by atoms with E-state index in [2.05, 4.69) is 21.2 Å². The Morgan fingerprint density at radius 3 is 2.47 bits per heavy atom. The Kier molecular flexibility index (Phi) is 4.93. The molecule has 19 heavy (non-hydrogen) atoms. The molecule has 1 heterocycles. The normalized spacial score (nSPS) is 18.4. The first-order valence-electron chi connectivity index (χ1n) is 6.42. The van der Waals surface area contributed by atoms with Crippen LogP contribution in [-0.4, -0.2) is 33.9 Å². The molecule has 0 radical (unpaired) electrons. The van der Waals surface area contributed by atoms with Crippen LogP contribution in [0.1, 0.15) is 18.4 Å². The van der Waals surface area contributed by atoms with Crippen LogP contribution in [0.3, 0.4) is 0 Å². The lowest BCUT2D eigenvalue weighted by Crippen LogP contribution is -2.24. The highest BCUT2D eigenvalue weighted by molar-refractivity contribution is 9.10. The van der Waals surface area contributed by atoms with Crippen molar-refractivity contribution in [3.05, 3.63) is 16.1 Å². The van der Waals surface area contributed by atoms with Gasteiger partial charge in [0.2, 0.25) is 0 Å². The maximum atomic E-state index is 5.49. The van der Waals surface area contributed by atoms with Gasteiger partial charge in [-0.05, 0) is 41.7 Å². The summed E-state index contributed by atoms with van der Waals surface area (Å²) >= 11 is 3.62. The van der Waals surface area contributed by atoms with Gasteiger partial charge < -0.3 is 19.5 Å². The number of hydrogen-bond donors (Lipinski definition) is 1. The Morgan fingerprint density at radius 1 is 1.21 bits per heavy atom. The fraction of sp³-hybridized carbons (Fsp3) is 0.571. The minimum absolute atomic E-state index is 0.503. The zero-order valence-corrected chi connectivity index (χ0v) is 13.2. The summed E-state index contributed by atoms with van der Waals surface area (Å²) in [5.41, 5.74) is 1.12. The quantitative estimate of drug-likeness (QED) is 0.901. The van der Waals surface area contributed by atoms with Crippen LogP contribution in [0.5, 0.6) is 17.2 Å². The smallest absolute Gasteiger partial charge is 0.175 e. The number of halogens is 1. The van der Waals surface area contributed by atoms with Crippen LogP contribution in [0.15, 0.2) is 10.5 Å². The van der Waals surface area contributed by atoms with Crippen LogP contribution in [-0.2, 0) is 6.42 Å². The second-order valence-corrected chi connectivity index (χ2v) is 5.40. The molecule has 0 bridgehead atoms. The van der Waals surface area contributed by atoms with Gasteiger partial charge in [-0.2, -0.15) is 0 Å². The van der Waals surface area contributed by atoms with Crippen molar-refractivity contribution in [3.63, 3.8) is 0 Å². The van der Waals surface area contributed by atoms with E-state index in [1.54, 1.807) is 21.3 Å². The number of methoxy groups -OCH3 is 3. The summed E-state index contributed by atoms with van der Waals surface area (Å²) in [6.45, 7) is 1.10. The van der Waals surface area contributed by atoms with Crippen LogP contribution in [0.25, 0.3) is 0 Å². The summed E-state index contributed by atoms with van der Waals surface area (Å²) in [4.78, 5) is 0. The molecule has 0 amide bonds. The zero-order valence-electron chi connectivity index (χ0n) is 11.6. The predicted molar refractivity (Wildman–Crippen MR) is 78.5 cm³/mol. The molecule has 1 aromatic rings. The molecule has 0 spiro atoms. The Morgan fingerprint density at radius 2 is 1.95 bits per heavy atom. The van der Waals surface area contributed by atoms with E-state index in [1.165, 1.54) is 12.8 Å². The molecule has 0 saturated carbocycles. The molecule has 4 nitrogen and oxygen atoms in total. The van der Waals surface area contributed by atoms with Gasteiger partial charge in [-0.25, -0.2) is 0 Å². The van der Waals surface area contributed by atoms with E-state index in [1.807, 2.05) is 6.07 Å². The maximum Gasteiger partial charge on any atom is 0.175 e. The average molecular weight is 330 g/mol. The third kappa shape index (κ3) is 2.98. The topological polar surface area (TPSA) is 39.7 Å².